The molecule has 162 valence electrons. The number of benzene rings is 1. The molecule has 0 unspecified atom stereocenters. The number of furan rings is 1. The molecule has 4 rings (SSSR count). The number of halogens is 1. The Morgan fingerprint density at radius 1 is 1.35 bits per heavy atom. The van der Waals surface area contributed by atoms with Gasteiger partial charge >= 0.3 is 6.09 Å². The third-order valence-electron chi connectivity index (χ3n) is 4.68. The molecule has 1 aliphatic rings. The van der Waals surface area contributed by atoms with Crippen molar-refractivity contribution in [2.75, 3.05) is 18.0 Å². The van der Waals surface area contributed by atoms with Gasteiger partial charge in [-0.1, -0.05) is 0 Å². The summed E-state index contributed by atoms with van der Waals surface area (Å²) in [4.78, 5) is 28.9. The predicted molar refractivity (Wildman–Crippen MR) is 114 cm³/mol. The summed E-state index contributed by atoms with van der Waals surface area (Å²) in [6.45, 7) is 1.84. The van der Waals surface area contributed by atoms with Crippen LogP contribution < -0.4 is 10.2 Å². The molecular formula is C21H21FN4O4S. The van der Waals surface area contributed by atoms with E-state index in [2.05, 4.69) is 10.3 Å². The molecule has 1 N–H and O–H groups in total. The number of ether oxygens (including phenoxy) is 1. The van der Waals surface area contributed by atoms with E-state index in [0.29, 0.717) is 17.1 Å². The highest BCUT2D eigenvalue weighted by Crippen LogP contribution is 2.26. The van der Waals surface area contributed by atoms with Gasteiger partial charge in [0.1, 0.15) is 17.7 Å². The Kier molecular flexibility index (Phi) is 6.26. The first-order valence-corrected chi connectivity index (χ1v) is 10.8. The van der Waals surface area contributed by atoms with Crippen LogP contribution in [0.1, 0.15) is 18.4 Å². The summed E-state index contributed by atoms with van der Waals surface area (Å²) in [5.74, 6) is 1.61. The number of nitrogens with one attached hydrogen (secondary N) is 1. The molecule has 2 aromatic heterocycles. The van der Waals surface area contributed by atoms with Crippen molar-refractivity contribution < 1.29 is 23.1 Å². The zero-order chi connectivity index (χ0) is 21.8. The molecule has 8 nitrogen and oxygen atoms in total. The molecule has 1 atom stereocenters. The van der Waals surface area contributed by atoms with Gasteiger partial charge in [-0.3, -0.25) is 9.69 Å². The molecule has 1 aromatic carbocycles. The SMILES string of the molecule is CC(=O)NC[C@H]1CN(c2ccc(-n3cnc(CSCc4ccco4)c3)c(F)c2)C(=O)O1. The number of hydrogen-bond donors (Lipinski definition) is 1. The van der Waals surface area contributed by atoms with E-state index in [9.17, 15) is 14.0 Å². The second-order valence-corrected chi connectivity index (χ2v) is 8.02. The van der Waals surface area contributed by atoms with Gasteiger partial charge in [0.2, 0.25) is 5.91 Å². The van der Waals surface area contributed by atoms with Crippen molar-refractivity contribution >= 4 is 29.4 Å². The number of aromatic nitrogens is 2. The number of amides is 2. The van der Waals surface area contributed by atoms with Crippen LogP contribution in [0.25, 0.3) is 5.69 Å². The lowest BCUT2D eigenvalue weighted by atomic mass is 10.2. The van der Waals surface area contributed by atoms with Gasteiger partial charge in [-0.15, -0.1) is 11.8 Å². The first-order chi connectivity index (χ1) is 15.0. The van der Waals surface area contributed by atoms with Gasteiger partial charge in [0.05, 0.1) is 48.5 Å². The second-order valence-electron chi connectivity index (χ2n) is 7.03. The Balaban J connectivity index is 1.39. The van der Waals surface area contributed by atoms with Gasteiger partial charge in [0.15, 0.2) is 0 Å². The topological polar surface area (TPSA) is 89.6 Å². The number of carbonyl (C=O) groups is 2. The summed E-state index contributed by atoms with van der Waals surface area (Å²) in [6.07, 6.45) is 3.94. The monoisotopic (exact) mass is 444 g/mol. The van der Waals surface area contributed by atoms with Crippen molar-refractivity contribution in [3.8, 4) is 5.69 Å². The summed E-state index contributed by atoms with van der Waals surface area (Å²) in [7, 11) is 0. The van der Waals surface area contributed by atoms with Crippen LogP contribution >= 0.6 is 11.8 Å². The average Bonchev–Trinajstić information content (AvgIpc) is 3.48. The highest BCUT2D eigenvalue weighted by atomic mass is 32.2. The van der Waals surface area contributed by atoms with E-state index in [4.69, 9.17) is 9.15 Å². The lowest BCUT2D eigenvalue weighted by Crippen LogP contribution is -2.33. The Morgan fingerprint density at radius 2 is 2.23 bits per heavy atom. The maximum atomic E-state index is 14.8. The van der Waals surface area contributed by atoms with Gasteiger partial charge in [0, 0.05) is 18.9 Å². The van der Waals surface area contributed by atoms with Crippen LogP contribution in [0.4, 0.5) is 14.9 Å². The molecule has 31 heavy (non-hydrogen) atoms. The van der Waals surface area contributed by atoms with Crippen molar-refractivity contribution in [3.05, 3.63) is 66.4 Å². The first-order valence-electron chi connectivity index (χ1n) is 9.65. The van der Waals surface area contributed by atoms with Crippen molar-refractivity contribution in [2.24, 2.45) is 0 Å². The zero-order valence-corrected chi connectivity index (χ0v) is 17.6. The quantitative estimate of drug-likeness (QED) is 0.572. The van der Waals surface area contributed by atoms with Crippen molar-refractivity contribution in [3.63, 3.8) is 0 Å². The van der Waals surface area contributed by atoms with Gasteiger partial charge < -0.3 is 19.0 Å². The Morgan fingerprint density at radius 3 is 2.97 bits per heavy atom. The fraction of sp³-hybridized carbons (Fsp3) is 0.286. The second kappa shape index (κ2) is 9.25. The number of hydrogen-bond acceptors (Lipinski definition) is 6. The van der Waals surface area contributed by atoms with Crippen LogP contribution in [0.3, 0.4) is 0 Å². The van der Waals surface area contributed by atoms with Crippen molar-refractivity contribution in [1.82, 2.24) is 14.9 Å². The minimum atomic E-state index is -0.569. The number of anilines is 1. The fourth-order valence-corrected chi connectivity index (χ4v) is 4.02. The Bertz CT molecular complexity index is 1070. The summed E-state index contributed by atoms with van der Waals surface area (Å²) in [5.41, 5.74) is 1.55. The average molecular weight is 444 g/mol. The van der Waals surface area contributed by atoms with Gasteiger partial charge in [0.25, 0.3) is 0 Å². The number of thioether (sulfide) groups is 1. The lowest BCUT2D eigenvalue weighted by molar-refractivity contribution is -0.119. The van der Waals surface area contributed by atoms with Crippen LogP contribution in [0, 0.1) is 5.82 Å². The largest absolute Gasteiger partial charge is 0.468 e. The molecule has 0 radical (unpaired) electrons. The maximum absolute atomic E-state index is 14.8. The lowest BCUT2D eigenvalue weighted by Gasteiger charge is -2.14. The molecule has 0 bridgehead atoms. The maximum Gasteiger partial charge on any atom is 0.414 e. The third-order valence-corrected chi connectivity index (χ3v) is 5.67. The van der Waals surface area contributed by atoms with Crippen LogP contribution in [0.15, 0.2) is 53.5 Å². The van der Waals surface area contributed by atoms with Crippen LogP contribution in [0.2, 0.25) is 0 Å². The third kappa shape index (κ3) is 5.08. The molecule has 0 saturated carbocycles. The predicted octanol–water partition coefficient (Wildman–Crippen LogP) is 3.50. The smallest absolute Gasteiger partial charge is 0.414 e. The van der Waals surface area contributed by atoms with Gasteiger partial charge in [-0.25, -0.2) is 14.2 Å². The van der Waals surface area contributed by atoms with Crippen LogP contribution in [-0.4, -0.2) is 40.7 Å². The molecule has 1 saturated heterocycles. The summed E-state index contributed by atoms with van der Waals surface area (Å²) in [6, 6.07) is 8.32. The standard InChI is InChI=1S/C21H21FN4O4S/c1-14(27)23-8-18-10-26(21(28)30-18)16-4-5-20(19(22)7-16)25-9-15(24-13-25)11-31-12-17-3-2-6-29-17/h2-7,9,13,18H,8,10-12H2,1H3,(H,23,27)/t18-/m0/s1. The number of carbonyl (C=O) groups excluding carboxylic acids is 2. The number of imidazole rings is 1. The minimum absolute atomic E-state index is 0.205. The molecule has 2 amide bonds. The molecular weight excluding hydrogens is 423 g/mol. The zero-order valence-electron chi connectivity index (χ0n) is 16.8. The van der Waals surface area contributed by atoms with E-state index in [0.717, 1.165) is 17.2 Å². The van der Waals surface area contributed by atoms with Gasteiger partial charge in [-0.05, 0) is 30.3 Å². The number of nitrogens with zero attached hydrogens (tertiary/aromatic N) is 3. The number of cyclic esters (lactones) is 1. The molecule has 3 aromatic rings. The first kappa shape index (κ1) is 21.0. The highest BCUT2D eigenvalue weighted by molar-refractivity contribution is 7.97. The Hall–Kier alpha value is -3.27. The van der Waals surface area contributed by atoms with Gasteiger partial charge in [-0.2, -0.15) is 0 Å². The van der Waals surface area contributed by atoms with E-state index >= 15 is 0 Å². The van der Waals surface area contributed by atoms with E-state index in [1.54, 1.807) is 47.2 Å². The van der Waals surface area contributed by atoms with E-state index in [1.807, 2.05) is 12.1 Å². The summed E-state index contributed by atoms with van der Waals surface area (Å²) >= 11 is 1.65. The molecule has 3 heterocycles. The normalized spacial score (nSPS) is 15.9. The summed E-state index contributed by atoms with van der Waals surface area (Å²) in [5, 5.41) is 2.61. The molecule has 0 aliphatic carbocycles. The number of rotatable bonds is 8. The van der Waals surface area contributed by atoms with Crippen LogP contribution in [-0.2, 0) is 21.0 Å². The van der Waals surface area contributed by atoms with Crippen LogP contribution in [0.5, 0.6) is 0 Å². The minimum Gasteiger partial charge on any atom is -0.468 e. The van der Waals surface area contributed by atoms with E-state index in [1.165, 1.54) is 17.9 Å². The highest BCUT2D eigenvalue weighted by Gasteiger charge is 2.32. The molecule has 0 spiro atoms. The molecule has 1 aliphatic heterocycles. The Labute approximate surface area is 182 Å². The molecule has 1 fully saturated rings. The van der Waals surface area contributed by atoms with Crippen molar-refractivity contribution in [1.29, 1.82) is 0 Å². The summed E-state index contributed by atoms with van der Waals surface area (Å²) < 4.78 is 27.0. The fourth-order valence-electron chi connectivity index (χ4n) is 3.19. The molecule has 10 heteroatoms. The van der Waals surface area contributed by atoms with E-state index < -0.39 is 18.0 Å². The van der Waals surface area contributed by atoms with Crippen molar-refractivity contribution in [2.45, 2.75) is 24.5 Å². The van der Waals surface area contributed by atoms with E-state index in [-0.39, 0.29) is 19.0 Å².